The van der Waals surface area contributed by atoms with Crippen LogP contribution in [-0.2, 0) is 0 Å². The SMILES string of the molecule is OCC1(Nc2ccc(Cl)c(Br)c2)CCCCCC1. The molecule has 2 rings (SSSR count). The van der Waals surface area contributed by atoms with Crippen molar-refractivity contribution >= 4 is 33.2 Å². The average Bonchev–Trinajstić information content (AvgIpc) is 2.60. The summed E-state index contributed by atoms with van der Waals surface area (Å²) < 4.78 is 0.885. The van der Waals surface area contributed by atoms with Crippen LogP contribution in [0.1, 0.15) is 38.5 Å². The molecule has 2 N–H and O–H groups in total. The Hall–Kier alpha value is -0.250. The quantitative estimate of drug-likeness (QED) is 0.793. The van der Waals surface area contributed by atoms with Gasteiger partial charge in [-0.1, -0.05) is 37.3 Å². The molecule has 1 aromatic carbocycles. The summed E-state index contributed by atoms with van der Waals surface area (Å²) in [6.45, 7) is 0.188. The molecule has 4 heteroatoms. The maximum Gasteiger partial charge on any atom is 0.0661 e. The Morgan fingerprint density at radius 3 is 2.44 bits per heavy atom. The lowest BCUT2D eigenvalue weighted by Crippen LogP contribution is -2.41. The van der Waals surface area contributed by atoms with E-state index in [4.69, 9.17) is 11.6 Å². The lowest BCUT2D eigenvalue weighted by atomic mass is 9.91. The van der Waals surface area contributed by atoms with Gasteiger partial charge >= 0.3 is 0 Å². The summed E-state index contributed by atoms with van der Waals surface area (Å²) in [5.74, 6) is 0. The molecule has 0 unspecified atom stereocenters. The van der Waals surface area contributed by atoms with Crippen LogP contribution in [0.15, 0.2) is 22.7 Å². The third kappa shape index (κ3) is 3.40. The van der Waals surface area contributed by atoms with Crippen LogP contribution in [0.5, 0.6) is 0 Å². The van der Waals surface area contributed by atoms with E-state index in [1.807, 2.05) is 18.2 Å². The molecule has 18 heavy (non-hydrogen) atoms. The molecule has 0 radical (unpaired) electrons. The number of hydrogen-bond acceptors (Lipinski definition) is 2. The Bertz CT molecular complexity index is 403. The zero-order chi connectivity index (χ0) is 13.0. The minimum atomic E-state index is -0.163. The molecule has 0 aromatic heterocycles. The number of rotatable bonds is 3. The van der Waals surface area contributed by atoms with Gasteiger partial charge in [0.2, 0.25) is 0 Å². The number of benzene rings is 1. The third-order valence-electron chi connectivity index (χ3n) is 3.69. The lowest BCUT2D eigenvalue weighted by molar-refractivity contribution is 0.196. The molecule has 2 nitrogen and oxygen atoms in total. The molecule has 1 saturated carbocycles. The van der Waals surface area contributed by atoms with Gasteiger partial charge in [0.1, 0.15) is 0 Å². The van der Waals surface area contributed by atoms with Crippen LogP contribution in [0.25, 0.3) is 0 Å². The van der Waals surface area contributed by atoms with E-state index in [-0.39, 0.29) is 12.1 Å². The Kier molecular flexibility index (Phi) is 4.93. The van der Waals surface area contributed by atoms with Crippen molar-refractivity contribution in [2.24, 2.45) is 0 Å². The molecule has 0 saturated heterocycles. The fourth-order valence-electron chi connectivity index (χ4n) is 2.61. The van der Waals surface area contributed by atoms with Crippen LogP contribution in [-0.4, -0.2) is 17.3 Å². The van der Waals surface area contributed by atoms with Crippen molar-refractivity contribution in [2.75, 3.05) is 11.9 Å². The first-order valence-corrected chi connectivity index (χ1v) is 7.66. The number of hydrogen-bond donors (Lipinski definition) is 2. The van der Waals surface area contributed by atoms with Crippen LogP contribution in [0, 0.1) is 0 Å². The van der Waals surface area contributed by atoms with E-state index in [9.17, 15) is 5.11 Å². The number of nitrogens with one attached hydrogen (secondary N) is 1. The second kappa shape index (κ2) is 6.27. The van der Waals surface area contributed by atoms with Crippen LogP contribution >= 0.6 is 27.5 Å². The Labute approximate surface area is 122 Å². The lowest BCUT2D eigenvalue weighted by Gasteiger charge is -2.33. The summed E-state index contributed by atoms with van der Waals surface area (Å²) in [6, 6.07) is 5.82. The Morgan fingerprint density at radius 1 is 1.22 bits per heavy atom. The number of aliphatic hydroxyl groups is 1. The molecule has 0 aliphatic heterocycles. The third-order valence-corrected chi connectivity index (χ3v) is 4.91. The maximum absolute atomic E-state index is 9.75. The van der Waals surface area contributed by atoms with Gasteiger partial charge < -0.3 is 10.4 Å². The first-order valence-electron chi connectivity index (χ1n) is 6.49. The summed E-state index contributed by atoms with van der Waals surface area (Å²) in [4.78, 5) is 0. The topological polar surface area (TPSA) is 32.3 Å². The van der Waals surface area contributed by atoms with Crippen molar-refractivity contribution in [2.45, 2.75) is 44.1 Å². The van der Waals surface area contributed by atoms with Gasteiger partial charge in [-0.15, -0.1) is 0 Å². The van der Waals surface area contributed by atoms with Gasteiger partial charge in [0.05, 0.1) is 17.2 Å². The van der Waals surface area contributed by atoms with E-state index in [2.05, 4.69) is 21.2 Å². The van der Waals surface area contributed by atoms with E-state index in [1.54, 1.807) is 0 Å². The van der Waals surface area contributed by atoms with Crippen molar-refractivity contribution in [3.8, 4) is 0 Å². The van der Waals surface area contributed by atoms with Gasteiger partial charge in [-0.3, -0.25) is 0 Å². The van der Waals surface area contributed by atoms with Crippen molar-refractivity contribution < 1.29 is 5.11 Å². The molecular formula is C14H19BrClNO. The highest BCUT2D eigenvalue weighted by molar-refractivity contribution is 9.10. The fraction of sp³-hybridized carbons (Fsp3) is 0.571. The standard InChI is InChI=1S/C14H19BrClNO/c15-12-9-11(5-6-13(12)16)17-14(10-18)7-3-1-2-4-8-14/h5-6,9,17-18H,1-4,7-8,10H2. The molecule has 0 bridgehead atoms. The molecule has 1 aromatic rings. The molecule has 1 aliphatic rings. The molecule has 0 spiro atoms. The largest absolute Gasteiger partial charge is 0.394 e. The first kappa shape index (κ1) is 14.2. The molecule has 1 fully saturated rings. The van der Waals surface area contributed by atoms with Gasteiger partial charge in [0.15, 0.2) is 0 Å². The smallest absolute Gasteiger partial charge is 0.0661 e. The van der Waals surface area contributed by atoms with Crippen LogP contribution in [0.3, 0.4) is 0 Å². The number of anilines is 1. The number of aliphatic hydroxyl groups excluding tert-OH is 1. The van der Waals surface area contributed by atoms with E-state index >= 15 is 0 Å². The molecule has 1 aliphatic carbocycles. The van der Waals surface area contributed by atoms with Crippen LogP contribution in [0.2, 0.25) is 5.02 Å². The summed E-state index contributed by atoms with van der Waals surface area (Å²) in [5.41, 5.74) is 0.853. The summed E-state index contributed by atoms with van der Waals surface area (Å²) >= 11 is 9.43. The highest BCUT2D eigenvalue weighted by Crippen LogP contribution is 2.32. The monoisotopic (exact) mass is 331 g/mol. The normalized spacial score (nSPS) is 19.3. The predicted octanol–water partition coefficient (Wildman–Crippen LogP) is 4.60. The molecule has 100 valence electrons. The molecular weight excluding hydrogens is 314 g/mol. The first-order chi connectivity index (χ1) is 8.65. The molecule has 0 atom stereocenters. The minimum Gasteiger partial charge on any atom is -0.394 e. The van der Waals surface area contributed by atoms with Gasteiger partial charge in [0.25, 0.3) is 0 Å². The van der Waals surface area contributed by atoms with E-state index < -0.39 is 0 Å². The zero-order valence-corrected chi connectivity index (χ0v) is 12.7. The zero-order valence-electron chi connectivity index (χ0n) is 10.4. The summed E-state index contributed by atoms with van der Waals surface area (Å²) in [7, 11) is 0. The van der Waals surface area contributed by atoms with Crippen LogP contribution in [0.4, 0.5) is 5.69 Å². The van der Waals surface area contributed by atoms with Gasteiger partial charge in [-0.2, -0.15) is 0 Å². The Balaban J connectivity index is 2.15. The Morgan fingerprint density at radius 2 is 1.89 bits per heavy atom. The second-order valence-electron chi connectivity index (χ2n) is 5.11. The van der Waals surface area contributed by atoms with Gasteiger partial charge in [-0.25, -0.2) is 0 Å². The summed E-state index contributed by atoms with van der Waals surface area (Å²) in [6.07, 6.45) is 6.97. The molecule has 0 heterocycles. The summed E-state index contributed by atoms with van der Waals surface area (Å²) in [5, 5.41) is 14.0. The minimum absolute atomic E-state index is 0.163. The van der Waals surface area contributed by atoms with Crippen molar-refractivity contribution in [1.82, 2.24) is 0 Å². The van der Waals surface area contributed by atoms with E-state index in [0.29, 0.717) is 5.02 Å². The predicted molar refractivity (Wildman–Crippen MR) is 80.3 cm³/mol. The fourth-order valence-corrected chi connectivity index (χ4v) is 3.10. The second-order valence-corrected chi connectivity index (χ2v) is 6.37. The van der Waals surface area contributed by atoms with E-state index in [1.165, 1.54) is 25.7 Å². The highest BCUT2D eigenvalue weighted by atomic mass is 79.9. The maximum atomic E-state index is 9.75. The average molecular weight is 333 g/mol. The van der Waals surface area contributed by atoms with Gasteiger partial charge in [0, 0.05) is 10.2 Å². The van der Waals surface area contributed by atoms with Crippen molar-refractivity contribution in [1.29, 1.82) is 0 Å². The van der Waals surface area contributed by atoms with Crippen molar-refractivity contribution in [3.63, 3.8) is 0 Å². The van der Waals surface area contributed by atoms with E-state index in [0.717, 1.165) is 23.0 Å². The van der Waals surface area contributed by atoms with Crippen molar-refractivity contribution in [3.05, 3.63) is 27.7 Å². The van der Waals surface area contributed by atoms with Crippen LogP contribution < -0.4 is 5.32 Å². The van der Waals surface area contributed by atoms with Gasteiger partial charge in [-0.05, 0) is 47.0 Å². The molecule has 0 amide bonds. The highest BCUT2D eigenvalue weighted by Gasteiger charge is 2.29. The number of halogens is 2.